The van der Waals surface area contributed by atoms with Crippen LogP contribution in [-0.4, -0.2) is 36.3 Å². The third-order valence-corrected chi connectivity index (χ3v) is 4.19. The molecule has 0 unspecified atom stereocenters. The second-order valence-electron chi connectivity index (χ2n) is 4.63. The predicted octanol–water partition coefficient (Wildman–Crippen LogP) is 2.03. The molecule has 8 heteroatoms. The Bertz CT molecular complexity index is 624. The third-order valence-electron chi connectivity index (χ3n) is 3.31. The normalized spacial score (nSPS) is 15.6. The van der Waals surface area contributed by atoms with E-state index in [1.165, 1.54) is 42.9 Å². The lowest BCUT2D eigenvalue weighted by Gasteiger charge is -2.10. The van der Waals surface area contributed by atoms with Crippen LogP contribution in [0, 0.1) is 0 Å². The van der Waals surface area contributed by atoms with Crippen molar-refractivity contribution in [2.45, 2.75) is 41.9 Å². The van der Waals surface area contributed by atoms with Gasteiger partial charge in [-0.25, -0.2) is 14.5 Å². The van der Waals surface area contributed by atoms with Crippen LogP contribution in [0.15, 0.2) is 28.5 Å². The molecule has 0 amide bonds. The molecule has 0 aliphatic heterocycles. The summed E-state index contributed by atoms with van der Waals surface area (Å²) in [5.74, 6) is -0.968. The first-order valence-corrected chi connectivity index (χ1v) is 7.21. The number of tetrazole rings is 1. The van der Waals surface area contributed by atoms with Crippen LogP contribution >= 0.6 is 11.8 Å². The van der Waals surface area contributed by atoms with Crippen LogP contribution in [0.2, 0.25) is 0 Å². The van der Waals surface area contributed by atoms with E-state index in [0.717, 1.165) is 12.8 Å². The molecule has 0 atom stereocenters. The van der Waals surface area contributed by atoms with Crippen LogP contribution in [0.3, 0.4) is 0 Å². The molecule has 7 nitrogen and oxygen atoms in total. The fourth-order valence-electron chi connectivity index (χ4n) is 2.32. The number of nitrogens with zero attached hydrogens (tertiary/aromatic N) is 5. The Balaban J connectivity index is 1.82. The highest BCUT2D eigenvalue weighted by Crippen LogP contribution is 2.33. The number of carboxylic acids is 1. The summed E-state index contributed by atoms with van der Waals surface area (Å²) in [5.41, 5.74) is 0.211. The molecule has 1 saturated carbocycles. The minimum absolute atomic E-state index is 0.211. The van der Waals surface area contributed by atoms with Crippen molar-refractivity contribution in [1.82, 2.24) is 25.2 Å². The first kappa shape index (κ1) is 13.0. The molecule has 0 saturated heterocycles. The number of hydrogen-bond donors (Lipinski definition) is 1. The van der Waals surface area contributed by atoms with Crippen molar-refractivity contribution in [2.75, 3.05) is 0 Å². The van der Waals surface area contributed by atoms with Crippen molar-refractivity contribution in [3.05, 3.63) is 23.9 Å². The van der Waals surface area contributed by atoms with Gasteiger partial charge in [0.15, 0.2) is 0 Å². The molecule has 0 aromatic carbocycles. The monoisotopic (exact) mass is 291 g/mol. The highest BCUT2D eigenvalue weighted by molar-refractivity contribution is 7.99. The molecular weight excluding hydrogens is 278 g/mol. The van der Waals surface area contributed by atoms with Crippen molar-refractivity contribution in [3.63, 3.8) is 0 Å². The maximum absolute atomic E-state index is 10.9. The van der Waals surface area contributed by atoms with Gasteiger partial charge < -0.3 is 5.11 Å². The maximum Gasteiger partial charge on any atom is 0.335 e. The van der Waals surface area contributed by atoms with Gasteiger partial charge in [0.2, 0.25) is 5.16 Å². The van der Waals surface area contributed by atoms with Gasteiger partial charge in [-0.2, -0.15) is 0 Å². The van der Waals surface area contributed by atoms with Gasteiger partial charge in [0.25, 0.3) is 0 Å². The van der Waals surface area contributed by atoms with E-state index in [0.29, 0.717) is 16.2 Å². The van der Waals surface area contributed by atoms with E-state index in [-0.39, 0.29) is 5.56 Å². The Hall–Kier alpha value is -1.96. The number of aromatic nitrogens is 5. The Kier molecular flexibility index (Phi) is 3.64. The van der Waals surface area contributed by atoms with Gasteiger partial charge in [-0.15, -0.1) is 5.10 Å². The third kappa shape index (κ3) is 2.64. The van der Waals surface area contributed by atoms with Crippen LogP contribution in [0.4, 0.5) is 0 Å². The fraction of sp³-hybridized carbons (Fsp3) is 0.417. The van der Waals surface area contributed by atoms with Crippen molar-refractivity contribution in [3.8, 4) is 0 Å². The minimum atomic E-state index is -0.968. The second-order valence-corrected chi connectivity index (χ2v) is 5.62. The van der Waals surface area contributed by atoms with Crippen molar-refractivity contribution >= 4 is 17.7 Å². The summed E-state index contributed by atoms with van der Waals surface area (Å²) in [6, 6.07) is 3.34. The van der Waals surface area contributed by atoms with Crippen LogP contribution in [0.25, 0.3) is 0 Å². The van der Waals surface area contributed by atoms with E-state index in [2.05, 4.69) is 20.5 Å². The molecule has 20 heavy (non-hydrogen) atoms. The summed E-state index contributed by atoms with van der Waals surface area (Å²) in [6.45, 7) is 0. The highest BCUT2D eigenvalue weighted by atomic mass is 32.2. The molecule has 0 bridgehead atoms. The zero-order valence-electron chi connectivity index (χ0n) is 10.6. The topological polar surface area (TPSA) is 93.8 Å². The minimum Gasteiger partial charge on any atom is -0.478 e. The zero-order valence-corrected chi connectivity index (χ0v) is 11.5. The molecule has 2 heterocycles. The SMILES string of the molecule is O=C(O)c1ccnc(Sc2nnnn2C2CCCC2)c1. The summed E-state index contributed by atoms with van der Waals surface area (Å²) in [5, 5.41) is 22.0. The first-order valence-electron chi connectivity index (χ1n) is 6.39. The molecule has 1 N–H and O–H groups in total. The van der Waals surface area contributed by atoms with Crippen molar-refractivity contribution in [1.29, 1.82) is 0 Å². The Labute approximate surface area is 119 Å². The van der Waals surface area contributed by atoms with E-state index in [4.69, 9.17) is 5.11 Å². The number of pyridine rings is 1. The zero-order chi connectivity index (χ0) is 13.9. The molecular formula is C12H13N5O2S. The maximum atomic E-state index is 10.9. The second kappa shape index (κ2) is 5.58. The van der Waals surface area contributed by atoms with Crippen LogP contribution in [0.1, 0.15) is 42.1 Å². The quantitative estimate of drug-likeness (QED) is 0.921. The lowest BCUT2D eigenvalue weighted by atomic mass is 10.3. The number of rotatable bonds is 4. The summed E-state index contributed by atoms with van der Waals surface area (Å²) in [6.07, 6.45) is 6.04. The number of carbonyl (C=O) groups is 1. The van der Waals surface area contributed by atoms with Gasteiger partial charge in [0.05, 0.1) is 11.6 Å². The molecule has 1 aliphatic carbocycles. The molecule has 2 aromatic heterocycles. The van der Waals surface area contributed by atoms with E-state index >= 15 is 0 Å². The number of aromatic carboxylic acids is 1. The van der Waals surface area contributed by atoms with Gasteiger partial charge in [-0.05, 0) is 47.2 Å². The number of carboxylic acid groups (broad SMARTS) is 1. The lowest BCUT2D eigenvalue weighted by molar-refractivity contribution is 0.0696. The standard InChI is InChI=1S/C12H13N5O2S/c18-11(19)8-5-6-13-10(7-8)20-12-14-15-16-17(12)9-3-1-2-4-9/h5-7,9H,1-4H2,(H,18,19). The molecule has 2 aromatic rings. The van der Waals surface area contributed by atoms with E-state index < -0.39 is 5.97 Å². The van der Waals surface area contributed by atoms with Gasteiger partial charge in [0.1, 0.15) is 5.03 Å². The van der Waals surface area contributed by atoms with Crippen molar-refractivity contribution < 1.29 is 9.90 Å². The fourth-order valence-corrected chi connectivity index (χ4v) is 3.17. The smallest absolute Gasteiger partial charge is 0.335 e. The summed E-state index contributed by atoms with van der Waals surface area (Å²) in [4.78, 5) is 15.1. The summed E-state index contributed by atoms with van der Waals surface area (Å²) >= 11 is 1.29. The predicted molar refractivity (Wildman–Crippen MR) is 70.6 cm³/mol. The van der Waals surface area contributed by atoms with Crippen LogP contribution in [0.5, 0.6) is 0 Å². The number of hydrogen-bond acceptors (Lipinski definition) is 6. The molecule has 0 radical (unpaired) electrons. The average Bonchev–Trinajstić information content (AvgIpc) is 3.09. The summed E-state index contributed by atoms with van der Waals surface area (Å²) < 4.78 is 1.83. The summed E-state index contributed by atoms with van der Waals surface area (Å²) in [7, 11) is 0. The Morgan fingerprint density at radius 3 is 2.95 bits per heavy atom. The van der Waals surface area contributed by atoms with Crippen LogP contribution in [-0.2, 0) is 0 Å². The van der Waals surface area contributed by atoms with E-state index in [1.807, 2.05) is 4.68 Å². The van der Waals surface area contributed by atoms with Gasteiger partial charge in [-0.1, -0.05) is 12.8 Å². The molecule has 104 valence electrons. The Morgan fingerprint density at radius 1 is 1.40 bits per heavy atom. The molecule has 1 aliphatic rings. The average molecular weight is 291 g/mol. The van der Waals surface area contributed by atoms with Crippen molar-refractivity contribution in [2.24, 2.45) is 0 Å². The van der Waals surface area contributed by atoms with Gasteiger partial charge >= 0.3 is 5.97 Å². The van der Waals surface area contributed by atoms with Gasteiger partial charge in [-0.3, -0.25) is 0 Å². The van der Waals surface area contributed by atoms with Crippen LogP contribution < -0.4 is 0 Å². The largest absolute Gasteiger partial charge is 0.478 e. The molecule has 3 rings (SSSR count). The lowest BCUT2D eigenvalue weighted by Crippen LogP contribution is -2.08. The molecule has 0 spiro atoms. The molecule has 1 fully saturated rings. The highest BCUT2D eigenvalue weighted by Gasteiger charge is 2.22. The van der Waals surface area contributed by atoms with Gasteiger partial charge in [0, 0.05) is 6.20 Å². The van der Waals surface area contributed by atoms with E-state index in [1.54, 1.807) is 0 Å². The van der Waals surface area contributed by atoms with E-state index in [9.17, 15) is 4.79 Å². The first-order chi connectivity index (χ1) is 9.74. The Morgan fingerprint density at radius 2 is 2.20 bits per heavy atom.